The van der Waals surface area contributed by atoms with E-state index in [1.165, 1.54) is 11.1 Å². The van der Waals surface area contributed by atoms with Gasteiger partial charge in [-0.05, 0) is 37.1 Å². The number of aromatic nitrogens is 2. The first-order chi connectivity index (χ1) is 6.79. The summed E-state index contributed by atoms with van der Waals surface area (Å²) >= 11 is 0. The molecule has 0 saturated carbocycles. The van der Waals surface area contributed by atoms with E-state index in [1.54, 1.807) is 12.4 Å². The molecule has 0 unspecified atom stereocenters. The van der Waals surface area contributed by atoms with Gasteiger partial charge in [-0.25, -0.2) is 0 Å². The lowest BCUT2D eigenvalue weighted by Crippen LogP contribution is -1.69. The summed E-state index contributed by atoms with van der Waals surface area (Å²) in [7, 11) is 0. The Hall–Kier alpha value is -1.74. The van der Waals surface area contributed by atoms with E-state index in [9.17, 15) is 0 Å². The fraction of sp³-hybridized carbons (Fsp3) is 0.167. The molecule has 0 radical (unpaired) electrons. The van der Waals surface area contributed by atoms with Crippen LogP contribution in [0.4, 0.5) is 0 Å². The highest BCUT2D eigenvalue weighted by atomic mass is 16.0. The van der Waals surface area contributed by atoms with Gasteiger partial charge in [0.2, 0.25) is 0 Å². The third-order valence-electron chi connectivity index (χ3n) is 1.62. The first-order valence-corrected chi connectivity index (χ1v) is 4.52. The lowest BCUT2D eigenvalue weighted by molar-refractivity contribution is 0.824. The Morgan fingerprint density at radius 3 is 1.33 bits per heavy atom. The monoisotopic (exact) mass is 204 g/mol. The van der Waals surface area contributed by atoms with Gasteiger partial charge < -0.3 is 5.48 Å². The summed E-state index contributed by atoms with van der Waals surface area (Å²) < 4.78 is 0. The molecule has 0 amide bonds. The van der Waals surface area contributed by atoms with Crippen LogP contribution in [-0.2, 0) is 0 Å². The van der Waals surface area contributed by atoms with E-state index < -0.39 is 0 Å². The summed E-state index contributed by atoms with van der Waals surface area (Å²) in [5, 5.41) is 0. The summed E-state index contributed by atoms with van der Waals surface area (Å²) in [4.78, 5) is 7.77. The number of nitrogens with zero attached hydrogens (tertiary/aromatic N) is 2. The highest BCUT2D eigenvalue weighted by molar-refractivity contribution is 5.05. The van der Waals surface area contributed by atoms with Crippen LogP contribution < -0.4 is 0 Å². The molecular formula is C12H16N2O. The van der Waals surface area contributed by atoms with Crippen molar-refractivity contribution in [3.8, 4) is 0 Å². The average Bonchev–Trinajstić information content (AvgIpc) is 2.21. The van der Waals surface area contributed by atoms with Crippen LogP contribution in [-0.4, -0.2) is 15.4 Å². The molecule has 0 aromatic carbocycles. The molecule has 15 heavy (non-hydrogen) atoms. The van der Waals surface area contributed by atoms with Crippen molar-refractivity contribution in [2.24, 2.45) is 0 Å². The maximum Gasteiger partial charge on any atom is 0.0297 e. The van der Waals surface area contributed by atoms with E-state index in [0.717, 1.165) is 0 Å². The third-order valence-corrected chi connectivity index (χ3v) is 1.62. The van der Waals surface area contributed by atoms with Crippen LogP contribution in [0.1, 0.15) is 11.1 Å². The van der Waals surface area contributed by atoms with Gasteiger partial charge in [-0.3, -0.25) is 9.97 Å². The highest BCUT2D eigenvalue weighted by Gasteiger charge is 1.73. The van der Waals surface area contributed by atoms with Crippen molar-refractivity contribution in [3.05, 3.63) is 60.2 Å². The molecule has 0 aliphatic carbocycles. The molecule has 0 aliphatic heterocycles. The predicted molar refractivity (Wildman–Crippen MR) is 61.6 cm³/mol. The second-order valence-corrected chi connectivity index (χ2v) is 3.06. The molecule has 2 N–H and O–H groups in total. The Labute approximate surface area is 90.1 Å². The molecule has 0 fully saturated rings. The zero-order valence-corrected chi connectivity index (χ0v) is 9.01. The standard InChI is InChI=1S/2C6H7N.H2O/c2*1-6-3-2-4-7-5-6;/h2*2-5H,1H3;1H2. The van der Waals surface area contributed by atoms with Gasteiger partial charge in [0.15, 0.2) is 0 Å². The summed E-state index contributed by atoms with van der Waals surface area (Å²) in [5.41, 5.74) is 2.42. The van der Waals surface area contributed by atoms with Gasteiger partial charge in [0, 0.05) is 24.8 Å². The number of hydrogen-bond donors (Lipinski definition) is 0. The van der Waals surface area contributed by atoms with E-state index >= 15 is 0 Å². The summed E-state index contributed by atoms with van der Waals surface area (Å²) in [6.45, 7) is 4.04. The van der Waals surface area contributed by atoms with Gasteiger partial charge in [-0.1, -0.05) is 12.1 Å². The number of rotatable bonds is 0. The molecule has 3 heteroatoms. The minimum Gasteiger partial charge on any atom is -0.412 e. The van der Waals surface area contributed by atoms with Crippen molar-refractivity contribution in [3.63, 3.8) is 0 Å². The largest absolute Gasteiger partial charge is 0.412 e. The molecule has 2 aromatic heterocycles. The smallest absolute Gasteiger partial charge is 0.0297 e. The van der Waals surface area contributed by atoms with E-state index in [4.69, 9.17) is 0 Å². The molecular weight excluding hydrogens is 188 g/mol. The fourth-order valence-electron chi connectivity index (χ4n) is 0.896. The Balaban J connectivity index is 0.000000245. The normalized spacial score (nSPS) is 8.13. The van der Waals surface area contributed by atoms with Gasteiger partial charge in [0.25, 0.3) is 0 Å². The Morgan fingerprint density at radius 1 is 0.800 bits per heavy atom. The Bertz CT molecular complexity index is 311. The minimum atomic E-state index is 0. The van der Waals surface area contributed by atoms with Crippen molar-refractivity contribution in [1.29, 1.82) is 0 Å². The van der Waals surface area contributed by atoms with Crippen LogP contribution in [0, 0.1) is 13.8 Å². The van der Waals surface area contributed by atoms with E-state index in [2.05, 4.69) is 9.97 Å². The topological polar surface area (TPSA) is 57.3 Å². The Morgan fingerprint density at radius 2 is 1.20 bits per heavy atom. The fourth-order valence-corrected chi connectivity index (χ4v) is 0.896. The zero-order valence-electron chi connectivity index (χ0n) is 9.01. The van der Waals surface area contributed by atoms with Crippen LogP contribution in [0.25, 0.3) is 0 Å². The molecule has 3 nitrogen and oxygen atoms in total. The molecule has 0 spiro atoms. The van der Waals surface area contributed by atoms with Gasteiger partial charge in [-0.15, -0.1) is 0 Å². The van der Waals surface area contributed by atoms with Crippen molar-refractivity contribution in [2.45, 2.75) is 13.8 Å². The Kier molecular flexibility index (Phi) is 6.76. The SMILES string of the molecule is Cc1cccnc1.Cc1cccnc1.O. The highest BCUT2D eigenvalue weighted by Crippen LogP contribution is 1.88. The maximum absolute atomic E-state index is 3.88. The first-order valence-electron chi connectivity index (χ1n) is 4.52. The zero-order chi connectivity index (χ0) is 10.2. The molecule has 0 aliphatic rings. The summed E-state index contributed by atoms with van der Waals surface area (Å²) in [6.07, 6.45) is 7.21. The molecule has 80 valence electrons. The average molecular weight is 204 g/mol. The van der Waals surface area contributed by atoms with Crippen molar-refractivity contribution in [2.75, 3.05) is 0 Å². The van der Waals surface area contributed by atoms with Crippen LogP contribution in [0.2, 0.25) is 0 Å². The molecule has 2 heterocycles. The lowest BCUT2D eigenvalue weighted by Gasteiger charge is -1.82. The molecule has 2 aromatic rings. The second kappa shape index (κ2) is 7.64. The van der Waals surface area contributed by atoms with Crippen molar-refractivity contribution in [1.82, 2.24) is 9.97 Å². The molecule has 2 rings (SSSR count). The number of pyridine rings is 2. The van der Waals surface area contributed by atoms with Crippen LogP contribution in [0.3, 0.4) is 0 Å². The predicted octanol–water partition coefficient (Wildman–Crippen LogP) is 1.96. The van der Waals surface area contributed by atoms with E-state index in [-0.39, 0.29) is 5.48 Å². The number of aryl methyl sites for hydroxylation is 2. The van der Waals surface area contributed by atoms with Gasteiger partial charge in [0.1, 0.15) is 0 Å². The maximum atomic E-state index is 3.88. The van der Waals surface area contributed by atoms with Crippen LogP contribution in [0.5, 0.6) is 0 Å². The quantitative estimate of drug-likeness (QED) is 0.658. The van der Waals surface area contributed by atoms with Crippen LogP contribution >= 0.6 is 0 Å². The van der Waals surface area contributed by atoms with E-state index in [1.807, 2.05) is 50.5 Å². The second-order valence-electron chi connectivity index (χ2n) is 3.06. The van der Waals surface area contributed by atoms with Crippen molar-refractivity contribution >= 4 is 0 Å². The molecule has 0 saturated heterocycles. The molecule has 0 atom stereocenters. The first kappa shape index (κ1) is 13.3. The van der Waals surface area contributed by atoms with Gasteiger partial charge in [0.05, 0.1) is 0 Å². The van der Waals surface area contributed by atoms with Crippen molar-refractivity contribution < 1.29 is 5.48 Å². The lowest BCUT2D eigenvalue weighted by atomic mass is 10.3. The summed E-state index contributed by atoms with van der Waals surface area (Å²) in [5.74, 6) is 0. The minimum absolute atomic E-state index is 0. The van der Waals surface area contributed by atoms with Gasteiger partial charge in [-0.2, -0.15) is 0 Å². The third kappa shape index (κ3) is 6.35. The van der Waals surface area contributed by atoms with E-state index in [0.29, 0.717) is 0 Å². The molecule has 0 bridgehead atoms. The summed E-state index contributed by atoms with van der Waals surface area (Å²) in [6, 6.07) is 7.89. The number of hydrogen-bond acceptors (Lipinski definition) is 2. The van der Waals surface area contributed by atoms with Crippen LogP contribution in [0.15, 0.2) is 49.1 Å². The van der Waals surface area contributed by atoms with Gasteiger partial charge >= 0.3 is 0 Å².